The van der Waals surface area contributed by atoms with Crippen LogP contribution < -0.4 is 11.1 Å². The monoisotopic (exact) mass is 142 g/mol. The van der Waals surface area contributed by atoms with E-state index in [1.807, 2.05) is 13.8 Å². The van der Waals surface area contributed by atoms with Gasteiger partial charge in [0.2, 0.25) is 5.91 Å². The molecule has 3 N–H and O–H groups in total. The number of nitrogens with two attached hydrogens (primary N) is 1. The third-order valence-corrected chi connectivity index (χ3v) is 0.987. The SMILES string of the molecule is C=C(CN)C(=O)NC(C)C. The van der Waals surface area contributed by atoms with Crippen LogP contribution >= 0.6 is 0 Å². The van der Waals surface area contributed by atoms with Gasteiger partial charge < -0.3 is 11.1 Å². The number of rotatable bonds is 3. The zero-order valence-electron chi connectivity index (χ0n) is 6.48. The van der Waals surface area contributed by atoms with Gasteiger partial charge in [0.05, 0.1) is 0 Å². The number of nitrogens with one attached hydrogen (secondary N) is 1. The third kappa shape index (κ3) is 3.25. The first-order valence-electron chi connectivity index (χ1n) is 3.26. The fourth-order valence-corrected chi connectivity index (χ4v) is 0.457. The molecule has 3 heteroatoms. The normalized spacial score (nSPS) is 9.60. The molecule has 0 aliphatic heterocycles. The van der Waals surface area contributed by atoms with Crippen LogP contribution in [-0.4, -0.2) is 18.5 Å². The van der Waals surface area contributed by atoms with E-state index >= 15 is 0 Å². The molecule has 0 spiro atoms. The van der Waals surface area contributed by atoms with Crippen LogP contribution in [0.25, 0.3) is 0 Å². The molecule has 0 aliphatic rings. The molecule has 10 heavy (non-hydrogen) atoms. The molecule has 0 rings (SSSR count). The topological polar surface area (TPSA) is 55.1 Å². The van der Waals surface area contributed by atoms with E-state index in [-0.39, 0.29) is 18.5 Å². The lowest BCUT2D eigenvalue weighted by Crippen LogP contribution is -2.33. The third-order valence-electron chi connectivity index (χ3n) is 0.987. The van der Waals surface area contributed by atoms with Crippen LogP contribution in [0.1, 0.15) is 13.8 Å². The Bertz CT molecular complexity index is 141. The quantitative estimate of drug-likeness (QED) is 0.546. The van der Waals surface area contributed by atoms with Gasteiger partial charge in [-0.05, 0) is 13.8 Å². The minimum atomic E-state index is -0.155. The van der Waals surface area contributed by atoms with Crippen molar-refractivity contribution in [3.63, 3.8) is 0 Å². The molecule has 0 fully saturated rings. The Balaban J connectivity index is 3.74. The highest BCUT2D eigenvalue weighted by molar-refractivity contribution is 5.93. The zero-order valence-corrected chi connectivity index (χ0v) is 6.48. The first kappa shape index (κ1) is 9.17. The molecule has 0 bridgehead atoms. The van der Waals surface area contributed by atoms with Crippen LogP contribution in [-0.2, 0) is 4.79 Å². The van der Waals surface area contributed by atoms with Gasteiger partial charge >= 0.3 is 0 Å². The summed E-state index contributed by atoms with van der Waals surface area (Å²) in [5.41, 5.74) is 5.61. The van der Waals surface area contributed by atoms with Crippen molar-refractivity contribution in [1.82, 2.24) is 5.32 Å². The number of carbonyl (C=O) groups excluding carboxylic acids is 1. The lowest BCUT2D eigenvalue weighted by molar-refractivity contribution is -0.117. The van der Waals surface area contributed by atoms with Gasteiger partial charge in [0.1, 0.15) is 0 Å². The molecule has 1 amide bonds. The van der Waals surface area contributed by atoms with Crippen molar-refractivity contribution in [3.8, 4) is 0 Å². The molecular formula is C7H14N2O. The molecule has 0 aromatic rings. The van der Waals surface area contributed by atoms with Gasteiger partial charge in [-0.1, -0.05) is 6.58 Å². The highest BCUT2D eigenvalue weighted by atomic mass is 16.1. The van der Waals surface area contributed by atoms with E-state index in [9.17, 15) is 4.79 Å². The van der Waals surface area contributed by atoms with E-state index in [0.717, 1.165) is 0 Å². The summed E-state index contributed by atoms with van der Waals surface area (Å²) in [6, 6.07) is 0.149. The molecule has 0 aromatic carbocycles. The van der Waals surface area contributed by atoms with Crippen molar-refractivity contribution < 1.29 is 4.79 Å². The molecule has 0 saturated carbocycles. The summed E-state index contributed by atoms with van der Waals surface area (Å²) in [5, 5.41) is 2.67. The van der Waals surface area contributed by atoms with Crippen molar-refractivity contribution in [3.05, 3.63) is 12.2 Å². The Morgan fingerprint density at radius 2 is 2.20 bits per heavy atom. The number of amides is 1. The maximum absolute atomic E-state index is 10.9. The van der Waals surface area contributed by atoms with E-state index in [2.05, 4.69) is 11.9 Å². The largest absolute Gasteiger partial charge is 0.350 e. The summed E-state index contributed by atoms with van der Waals surface area (Å²) in [7, 11) is 0. The Morgan fingerprint density at radius 3 is 2.50 bits per heavy atom. The van der Waals surface area contributed by atoms with Crippen LogP contribution in [0.2, 0.25) is 0 Å². The van der Waals surface area contributed by atoms with E-state index < -0.39 is 0 Å². The lowest BCUT2D eigenvalue weighted by Gasteiger charge is -2.07. The molecule has 0 atom stereocenters. The molecule has 0 aromatic heterocycles. The molecule has 0 aliphatic carbocycles. The first-order valence-corrected chi connectivity index (χ1v) is 3.26. The number of hydrogen-bond acceptors (Lipinski definition) is 2. The smallest absolute Gasteiger partial charge is 0.248 e. The molecule has 0 radical (unpaired) electrons. The van der Waals surface area contributed by atoms with Gasteiger partial charge in [-0.25, -0.2) is 0 Å². The van der Waals surface area contributed by atoms with Gasteiger partial charge in [-0.15, -0.1) is 0 Å². The van der Waals surface area contributed by atoms with Gasteiger partial charge in [-0.2, -0.15) is 0 Å². The van der Waals surface area contributed by atoms with Crippen LogP contribution in [0, 0.1) is 0 Å². The number of carbonyl (C=O) groups is 1. The first-order chi connectivity index (χ1) is 4.57. The van der Waals surface area contributed by atoms with Gasteiger partial charge in [0.25, 0.3) is 0 Å². The Morgan fingerprint density at radius 1 is 1.70 bits per heavy atom. The molecule has 0 saturated heterocycles. The van der Waals surface area contributed by atoms with E-state index in [1.54, 1.807) is 0 Å². The maximum Gasteiger partial charge on any atom is 0.248 e. The molecular weight excluding hydrogens is 128 g/mol. The molecule has 58 valence electrons. The minimum absolute atomic E-state index is 0.149. The molecule has 0 unspecified atom stereocenters. The maximum atomic E-state index is 10.9. The summed E-state index contributed by atoms with van der Waals surface area (Å²) in [6.45, 7) is 7.49. The Labute approximate surface area is 61.3 Å². The van der Waals surface area contributed by atoms with Crippen molar-refractivity contribution in [1.29, 1.82) is 0 Å². The highest BCUT2D eigenvalue weighted by Crippen LogP contribution is 1.87. The second-order valence-corrected chi connectivity index (χ2v) is 2.44. The van der Waals surface area contributed by atoms with Crippen LogP contribution in [0.4, 0.5) is 0 Å². The van der Waals surface area contributed by atoms with Crippen LogP contribution in [0.3, 0.4) is 0 Å². The summed E-state index contributed by atoms with van der Waals surface area (Å²) >= 11 is 0. The summed E-state index contributed by atoms with van der Waals surface area (Å²) in [5.74, 6) is -0.155. The lowest BCUT2D eigenvalue weighted by atomic mass is 10.2. The molecule has 0 heterocycles. The van der Waals surface area contributed by atoms with E-state index in [4.69, 9.17) is 5.73 Å². The van der Waals surface area contributed by atoms with E-state index in [1.165, 1.54) is 0 Å². The fourth-order valence-electron chi connectivity index (χ4n) is 0.457. The van der Waals surface area contributed by atoms with Gasteiger partial charge in [0.15, 0.2) is 0 Å². The van der Waals surface area contributed by atoms with Crippen molar-refractivity contribution in [2.75, 3.05) is 6.54 Å². The van der Waals surface area contributed by atoms with Crippen molar-refractivity contribution >= 4 is 5.91 Å². The summed E-state index contributed by atoms with van der Waals surface area (Å²) in [6.07, 6.45) is 0. The van der Waals surface area contributed by atoms with Crippen LogP contribution in [0.5, 0.6) is 0 Å². The summed E-state index contributed by atoms with van der Waals surface area (Å²) in [4.78, 5) is 10.9. The second-order valence-electron chi connectivity index (χ2n) is 2.44. The standard InChI is InChI=1S/C7H14N2O/c1-5(2)9-7(10)6(3)4-8/h5H,3-4,8H2,1-2H3,(H,9,10). The average molecular weight is 142 g/mol. The minimum Gasteiger partial charge on any atom is -0.350 e. The second kappa shape index (κ2) is 4.06. The zero-order chi connectivity index (χ0) is 8.15. The highest BCUT2D eigenvalue weighted by Gasteiger charge is 2.04. The van der Waals surface area contributed by atoms with Gasteiger partial charge in [-0.3, -0.25) is 4.79 Å². The van der Waals surface area contributed by atoms with E-state index in [0.29, 0.717) is 5.57 Å². The summed E-state index contributed by atoms with van der Waals surface area (Å²) < 4.78 is 0. The van der Waals surface area contributed by atoms with Gasteiger partial charge in [0, 0.05) is 18.2 Å². The van der Waals surface area contributed by atoms with Crippen molar-refractivity contribution in [2.24, 2.45) is 5.73 Å². The fraction of sp³-hybridized carbons (Fsp3) is 0.571. The Kier molecular flexibility index (Phi) is 3.72. The predicted molar refractivity (Wildman–Crippen MR) is 41.5 cm³/mol. The number of hydrogen-bond donors (Lipinski definition) is 2. The Hall–Kier alpha value is -0.830. The van der Waals surface area contributed by atoms with Crippen LogP contribution in [0.15, 0.2) is 12.2 Å². The van der Waals surface area contributed by atoms with Crippen molar-refractivity contribution in [2.45, 2.75) is 19.9 Å². The molecule has 3 nitrogen and oxygen atoms in total. The predicted octanol–water partition coefficient (Wildman–Crippen LogP) is 0.0259. The average Bonchev–Trinajstić information content (AvgIpc) is 1.85.